The van der Waals surface area contributed by atoms with Crippen molar-refractivity contribution in [1.29, 1.82) is 0 Å². The standard InChI is InChI=1S/C19H25NO3S/c1-22-17-8-3-6-14(19(17)23-2)13-20-10-4-7-15(20)12-16(21)18-9-5-11-24-18/h3,5-6,8-9,11,15-16,21H,4,7,10,12-13H2,1-2H3. The number of likely N-dealkylation sites (tertiary alicyclic amines) is 1. The summed E-state index contributed by atoms with van der Waals surface area (Å²) in [5.41, 5.74) is 1.13. The number of hydrogen-bond donors (Lipinski definition) is 1. The van der Waals surface area contributed by atoms with Crippen LogP contribution in [0.1, 0.15) is 35.8 Å². The molecule has 3 rings (SSSR count). The second kappa shape index (κ2) is 8.01. The molecule has 0 bridgehead atoms. The monoisotopic (exact) mass is 347 g/mol. The Labute approximate surface area is 147 Å². The van der Waals surface area contributed by atoms with Crippen LogP contribution in [0.25, 0.3) is 0 Å². The van der Waals surface area contributed by atoms with E-state index in [-0.39, 0.29) is 6.10 Å². The van der Waals surface area contributed by atoms with Gasteiger partial charge < -0.3 is 14.6 Å². The van der Waals surface area contributed by atoms with E-state index in [1.165, 1.54) is 6.42 Å². The molecule has 0 saturated carbocycles. The highest BCUT2D eigenvalue weighted by molar-refractivity contribution is 7.10. The van der Waals surface area contributed by atoms with Crippen molar-refractivity contribution in [3.8, 4) is 11.5 Å². The molecule has 2 heterocycles. The molecule has 0 aliphatic carbocycles. The second-order valence-corrected chi connectivity index (χ2v) is 7.17. The van der Waals surface area contributed by atoms with Gasteiger partial charge >= 0.3 is 0 Å². The van der Waals surface area contributed by atoms with E-state index >= 15 is 0 Å². The van der Waals surface area contributed by atoms with E-state index in [4.69, 9.17) is 9.47 Å². The Morgan fingerprint density at radius 3 is 2.83 bits per heavy atom. The lowest BCUT2D eigenvalue weighted by atomic mass is 10.0. The van der Waals surface area contributed by atoms with Gasteiger partial charge in [-0.3, -0.25) is 4.90 Å². The number of aliphatic hydroxyl groups is 1. The van der Waals surface area contributed by atoms with Crippen molar-refractivity contribution in [1.82, 2.24) is 4.90 Å². The summed E-state index contributed by atoms with van der Waals surface area (Å²) in [6, 6.07) is 10.4. The summed E-state index contributed by atoms with van der Waals surface area (Å²) >= 11 is 1.63. The van der Waals surface area contributed by atoms with Crippen LogP contribution < -0.4 is 9.47 Å². The third kappa shape index (κ3) is 3.74. The fourth-order valence-corrected chi connectivity index (χ4v) is 4.25. The molecule has 1 aliphatic heterocycles. The van der Waals surface area contributed by atoms with E-state index in [1.54, 1.807) is 25.6 Å². The van der Waals surface area contributed by atoms with Crippen molar-refractivity contribution in [2.24, 2.45) is 0 Å². The zero-order valence-corrected chi connectivity index (χ0v) is 15.1. The van der Waals surface area contributed by atoms with Crippen LogP contribution in [0.15, 0.2) is 35.7 Å². The topological polar surface area (TPSA) is 41.9 Å². The van der Waals surface area contributed by atoms with E-state index in [0.717, 1.165) is 47.9 Å². The average molecular weight is 347 g/mol. The molecule has 0 radical (unpaired) electrons. The summed E-state index contributed by atoms with van der Waals surface area (Å²) in [6.45, 7) is 1.88. The van der Waals surface area contributed by atoms with E-state index in [1.807, 2.05) is 29.6 Å². The maximum absolute atomic E-state index is 10.5. The van der Waals surface area contributed by atoms with Crippen molar-refractivity contribution in [2.45, 2.75) is 38.0 Å². The molecule has 1 saturated heterocycles. The van der Waals surface area contributed by atoms with Crippen LogP contribution >= 0.6 is 11.3 Å². The number of hydrogen-bond acceptors (Lipinski definition) is 5. The van der Waals surface area contributed by atoms with Gasteiger partial charge in [0.2, 0.25) is 0 Å². The first-order chi connectivity index (χ1) is 11.7. The first-order valence-corrected chi connectivity index (χ1v) is 9.26. The molecule has 2 unspecified atom stereocenters. The van der Waals surface area contributed by atoms with Crippen LogP contribution in [0.2, 0.25) is 0 Å². The number of para-hydroxylation sites is 1. The average Bonchev–Trinajstić information content (AvgIpc) is 3.27. The third-order valence-electron chi connectivity index (χ3n) is 4.72. The quantitative estimate of drug-likeness (QED) is 0.826. The van der Waals surface area contributed by atoms with E-state index in [2.05, 4.69) is 11.0 Å². The maximum Gasteiger partial charge on any atom is 0.165 e. The van der Waals surface area contributed by atoms with E-state index in [9.17, 15) is 5.11 Å². The highest BCUT2D eigenvalue weighted by atomic mass is 32.1. The van der Waals surface area contributed by atoms with Gasteiger partial charge in [0, 0.05) is 23.0 Å². The van der Waals surface area contributed by atoms with Crippen LogP contribution in [-0.4, -0.2) is 36.8 Å². The molecular weight excluding hydrogens is 322 g/mol. The lowest BCUT2D eigenvalue weighted by Gasteiger charge is -2.27. The van der Waals surface area contributed by atoms with Crippen LogP contribution in [0.4, 0.5) is 0 Å². The largest absolute Gasteiger partial charge is 0.493 e. The highest BCUT2D eigenvalue weighted by Crippen LogP contribution is 2.35. The number of thiophene rings is 1. The van der Waals surface area contributed by atoms with Crippen LogP contribution in [0, 0.1) is 0 Å². The molecule has 2 atom stereocenters. The van der Waals surface area contributed by atoms with Gasteiger partial charge in [-0.2, -0.15) is 0 Å². The minimum Gasteiger partial charge on any atom is -0.493 e. The Balaban J connectivity index is 1.70. The number of rotatable bonds is 7. The predicted octanol–water partition coefficient (Wildman–Crippen LogP) is 3.85. The molecule has 0 spiro atoms. The summed E-state index contributed by atoms with van der Waals surface area (Å²) < 4.78 is 11.0. The molecule has 1 aromatic heterocycles. The minimum atomic E-state index is -0.372. The van der Waals surface area contributed by atoms with Gasteiger partial charge in [-0.05, 0) is 43.3 Å². The Kier molecular flexibility index (Phi) is 5.76. The van der Waals surface area contributed by atoms with Crippen molar-refractivity contribution in [2.75, 3.05) is 20.8 Å². The first kappa shape index (κ1) is 17.3. The second-order valence-electron chi connectivity index (χ2n) is 6.19. The van der Waals surface area contributed by atoms with Gasteiger partial charge in [0.05, 0.1) is 20.3 Å². The van der Waals surface area contributed by atoms with E-state index < -0.39 is 0 Å². The Hall–Kier alpha value is -1.56. The fraction of sp³-hybridized carbons (Fsp3) is 0.474. The summed E-state index contributed by atoms with van der Waals surface area (Å²) in [7, 11) is 3.35. The lowest BCUT2D eigenvalue weighted by Crippen LogP contribution is -2.30. The first-order valence-electron chi connectivity index (χ1n) is 8.38. The molecule has 0 amide bonds. The van der Waals surface area contributed by atoms with Crippen molar-refractivity contribution in [3.63, 3.8) is 0 Å². The number of nitrogens with zero attached hydrogens (tertiary/aromatic N) is 1. The number of ether oxygens (including phenoxy) is 2. The molecule has 130 valence electrons. The lowest BCUT2D eigenvalue weighted by molar-refractivity contribution is 0.120. The maximum atomic E-state index is 10.5. The van der Waals surface area contributed by atoms with Crippen molar-refractivity contribution in [3.05, 3.63) is 46.2 Å². The zero-order valence-electron chi connectivity index (χ0n) is 14.3. The molecule has 5 heteroatoms. The van der Waals surface area contributed by atoms with Crippen LogP contribution in [0.3, 0.4) is 0 Å². The van der Waals surface area contributed by atoms with Crippen molar-refractivity contribution >= 4 is 11.3 Å². The van der Waals surface area contributed by atoms with Crippen molar-refractivity contribution < 1.29 is 14.6 Å². The minimum absolute atomic E-state index is 0.372. The predicted molar refractivity (Wildman–Crippen MR) is 96.9 cm³/mol. The third-order valence-corrected chi connectivity index (χ3v) is 5.70. The summed E-state index contributed by atoms with van der Waals surface area (Å²) in [6.07, 6.45) is 2.72. The van der Waals surface area contributed by atoms with Gasteiger partial charge in [-0.25, -0.2) is 0 Å². The zero-order chi connectivity index (χ0) is 16.9. The van der Waals surface area contributed by atoms with Gasteiger partial charge in [-0.15, -0.1) is 11.3 Å². The molecule has 1 aliphatic rings. The summed E-state index contributed by atoms with van der Waals surface area (Å²) in [5, 5.41) is 12.5. The Morgan fingerprint density at radius 2 is 2.12 bits per heavy atom. The van der Waals surface area contributed by atoms with Gasteiger partial charge in [-0.1, -0.05) is 18.2 Å². The Morgan fingerprint density at radius 1 is 1.25 bits per heavy atom. The molecule has 1 aromatic carbocycles. The molecule has 2 aromatic rings. The molecule has 24 heavy (non-hydrogen) atoms. The molecule has 1 fully saturated rings. The number of benzene rings is 1. The van der Waals surface area contributed by atoms with E-state index in [0.29, 0.717) is 6.04 Å². The van der Waals surface area contributed by atoms with Gasteiger partial charge in [0.1, 0.15) is 0 Å². The van der Waals surface area contributed by atoms with Crippen LogP contribution in [0.5, 0.6) is 11.5 Å². The normalized spacial score (nSPS) is 19.4. The number of methoxy groups -OCH3 is 2. The molecule has 1 N–H and O–H groups in total. The van der Waals surface area contributed by atoms with Crippen LogP contribution in [-0.2, 0) is 6.54 Å². The highest BCUT2D eigenvalue weighted by Gasteiger charge is 2.28. The number of aliphatic hydroxyl groups excluding tert-OH is 1. The summed E-state index contributed by atoms with van der Waals surface area (Å²) in [5.74, 6) is 1.58. The SMILES string of the molecule is COc1cccc(CN2CCCC2CC(O)c2cccs2)c1OC. The fourth-order valence-electron chi connectivity index (χ4n) is 3.52. The smallest absolute Gasteiger partial charge is 0.165 e. The molecular formula is C19H25NO3S. The van der Waals surface area contributed by atoms with Gasteiger partial charge in [0.15, 0.2) is 11.5 Å². The Bertz CT molecular complexity index is 644. The van der Waals surface area contributed by atoms with Gasteiger partial charge in [0.25, 0.3) is 0 Å². The molecule has 4 nitrogen and oxygen atoms in total. The summed E-state index contributed by atoms with van der Waals surface area (Å²) in [4.78, 5) is 3.51.